The molecule has 0 unspecified atom stereocenters. The number of aliphatic carboxylic acids is 1. The van der Waals surface area contributed by atoms with E-state index in [4.69, 9.17) is 4.74 Å². The Morgan fingerprint density at radius 1 is 1.18 bits per heavy atom. The lowest BCUT2D eigenvalue weighted by molar-refractivity contribution is -0.141. The summed E-state index contributed by atoms with van der Waals surface area (Å²) in [6, 6.07) is 14.7. The fourth-order valence-corrected chi connectivity index (χ4v) is 5.60. The van der Waals surface area contributed by atoms with E-state index in [1.165, 1.54) is 24.1 Å². The number of nitrogens with zero attached hydrogens (tertiary/aromatic N) is 4. The van der Waals surface area contributed by atoms with Crippen LogP contribution in [0.25, 0.3) is 10.6 Å². The Kier molecular flexibility index (Phi) is 7.01. The van der Waals surface area contributed by atoms with E-state index in [9.17, 15) is 18.3 Å². The van der Waals surface area contributed by atoms with E-state index < -0.39 is 22.0 Å². The predicted octanol–water partition coefficient (Wildman–Crippen LogP) is 2.76. The molecule has 1 aromatic carbocycles. The molecule has 0 aliphatic carbocycles. The normalized spacial score (nSPS) is 12.4. The summed E-state index contributed by atoms with van der Waals surface area (Å²) in [5.41, 5.74) is 1.68. The van der Waals surface area contributed by atoms with Crippen molar-refractivity contribution in [2.45, 2.75) is 23.2 Å². The van der Waals surface area contributed by atoms with Gasteiger partial charge in [0, 0.05) is 12.6 Å². The van der Waals surface area contributed by atoms with E-state index in [1.807, 2.05) is 6.07 Å². The Bertz CT molecular complexity index is 1390. The van der Waals surface area contributed by atoms with E-state index in [1.54, 1.807) is 48.7 Å². The van der Waals surface area contributed by atoms with E-state index >= 15 is 0 Å². The van der Waals surface area contributed by atoms with Gasteiger partial charge in [-0.05, 0) is 35.9 Å². The number of carbonyl (C=O) groups is 1. The van der Waals surface area contributed by atoms with Crippen molar-refractivity contribution in [2.75, 3.05) is 7.11 Å². The van der Waals surface area contributed by atoms with Crippen LogP contribution in [0.1, 0.15) is 17.3 Å². The minimum absolute atomic E-state index is 0.124. The average molecular weight is 500 g/mol. The maximum Gasteiger partial charge on any atom is 0.328 e. The summed E-state index contributed by atoms with van der Waals surface area (Å²) in [5.74, 6) is -0.522. The highest BCUT2D eigenvalue weighted by Gasteiger charge is 2.24. The molecule has 0 radical (unpaired) electrons. The minimum atomic E-state index is -3.80. The van der Waals surface area contributed by atoms with Crippen molar-refractivity contribution >= 4 is 27.3 Å². The molecule has 0 aliphatic heterocycles. The summed E-state index contributed by atoms with van der Waals surface area (Å²) in [6.07, 6.45) is 3.19. The number of sulfonamides is 1. The van der Waals surface area contributed by atoms with E-state index in [2.05, 4.69) is 20.0 Å². The molecule has 0 aliphatic rings. The third kappa shape index (κ3) is 5.30. The molecule has 1 atom stereocenters. The highest BCUT2D eigenvalue weighted by molar-refractivity contribution is 7.91. The summed E-state index contributed by atoms with van der Waals surface area (Å²) in [7, 11) is -2.28. The first kappa shape index (κ1) is 23.5. The molecule has 10 nitrogen and oxygen atoms in total. The fraction of sp³-hybridized carbons (Fsp3) is 0.182. The van der Waals surface area contributed by atoms with Crippen molar-refractivity contribution in [3.8, 4) is 16.3 Å². The van der Waals surface area contributed by atoms with Gasteiger partial charge in [-0.15, -0.1) is 16.4 Å². The van der Waals surface area contributed by atoms with E-state index in [0.717, 1.165) is 16.2 Å². The third-order valence-electron chi connectivity index (χ3n) is 4.97. The molecular formula is C22H21N5O5S2. The molecular weight excluding hydrogens is 478 g/mol. The first-order valence-corrected chi connectivity index (χ1v) is 12.4. The quantitative estimate of drug-likeness (QED) is 0.340. The fourth-order valence-electron chi connectivity index (χ4n) is 3.27. The van der Waals surface area contributed by atoms with Gasteiger partial charge in [-0.2, -0.15) is 0 Å². The van der Waals surface area contributed by atoms with Crippen LogP contribution in [0, 0.1) is 0 Å². The number of para-hydroxylation sites is 1. The topological polar surface area (TPSA) is 136 Å². The van der Waals surface area contributed by atoms with Crippen molar-refractivity contribution in [3.05, 3.63) is 78.2 Å². The summed E-state index contributed by atoms with van der Waals surface area (Å²) >= 11 is 1.10. The lowest BCUT2D eigenvalue weighted by Gasteiger charge is -2.14. The van der Waals surface area contributed by atoms with Gasteiger partial charge in [-0.1, -0.05) is 29.5 Å². The molecule has 2 N–H and O–H groups in total. The molecule has 0 fully saturated rings. The van der Waals surface area contributed by atoms with Gasteiger partial charge in [0.1, 0.15) is 9.96 Å². The molecule has 0 bridgehead atoms. The number of hydrogen-bond acceptors (Lipinski definition) is 8. The molecule has 3 heterocycles. The average Bonchev–Trinajstić information content (AvgIpc) is 3.52. The molecule has 176 valence electrons. The second-order valence-electron chi connectivity index (χ2n) is 7.22. The lowest BCUT2D eigenvalue weighted by Crippen LogP contribution is -2.23. The van der Waals surface area contributed by atoms with Gasteiger partial charge in [-0.25, -0.2) is 22.6 Å². The van der Waals surface area contributed by atoms with Gasteiger partial charge in [0.05, 0.1) is 36.1 Å². The van der Waals surface area contributed by atoms with Crippen molar-refractivity contribution in [2.24, 2.45) is 0 Å². The van der Waals surface area contributed by atoms with Gasteiger partial charge in [0.15, 0.2) is 6.04 Å². The molecule has 4 rings (SSSR count). The molecule has 0 saturated carbocycles. The molecule has 0 saturated heterocycles. The number of thiophene rings is 1. The van der Waals surface area contributed by atoms with Crippen LogP contribution in [-0.4, -0.2) is 46.6 Å². The van der Waals surface area contributed by atoms with Crippen molar-refractivity contribution < 1.29 is 23.1 Å². The van der Waals surface area contributed by atoms with Crippen LogP contribution in [0.2, 0.25) is 0 Å². The van der Waals surface area contributed by atoms with Crippen molar-refractivity contribution in [1.82, 2.24) is 24.7 Å². The maximum absolute atomic E-state index is 12.7. The third-order valence-corrected chi connectivity index (χ3v) is 7.98. The van der Waals surface area contributed by atoms with Crippen LogP contribution >= 0.6 is 11.3 Å². The molecule has 4 aromatic rings. The van der Waals surface area contributed by atoms with Crippen LogP contribution in [0.3, 0.4) is 0 Å². The van der Waals surface area contributed by atoms with Crippen molar-refractivity contribution in [3.63, 3.8) is 0 Å². The Morgan fingerprint density at radius 2 is 1.97 bits per heavy atom. The molecule has 3 aromatic heterocycles. The summed E-state index contributed by atoms with van der Waals surface area (Å²) < 4.78 is 34.6. The number of methoxy groups -OCH3 is 1. The monoisotopic (exact) mass is 499 g/mol. The summed E-state index contributed by atoms with van der Waals surface area (Å²) in [4.78, 5) is 16.8. The zero-order chi connectivity index (χ0) is 24.1. The number of carboxylic acids is 1. The van der Waals surface area contributed by atoms with Gasteiger partial charge in [0.25, 0.3) is 0 Å². The van der Waals surface area contributed by atoms with Crippen LogP contribution in [0.5, 0.6) is 5.75 Å². The Hall–Kier alpha value is -3.61. The van der Waals surface area contributed by atoms with Gasteiger partial charge < -0.3 is 9.84 Å². The largest absolute Gasteiger partial charge is 0.496 e. The summed E-state index contributed by atoms with van der Waals surface area (Å²) in [5, 5.41) is 17.6. The number of pyridine rings is 1. The van der Waals surface area contributed by atoms with Gasteiger partial charge in [-0.3, -0.25) is 4.98 Å². The minimum Gasteiger partial charge on any atom is -0.496 e. The first-order valence-electron chi connectivity index (χ1n) is 10.1. The Balaban J connectivity index is 1.45. The smallest absolute Gasteiger partial charge is 0.328 e. The number of ether oxygens (including phenoxy) is 1. The van der Waals surface area contributed by atoms with Crippen LogP contribution in [-0.2, 0) is 27.8 Å². The molecule has 12 heteroatoms. The maximum atomic E-state index is 12.7. The number of nitrogens with one attached hydrogen (secondary N) is 1. The van der Waals surface area contributed by atoms with Gasteiger partial charge in [0.2, 0.25) is 10.0 Å². The number of aromatic nitrogens is 4. The molecule has 34 heavy (non-hydrogen) atoms. The number of benzene rings is 1. The summed E-state index contributed by atoms with van der Waals surface area (Å²) in [6.45, 7) is -0.139. The van der Waals surface area contributed by atoms with Crippen molar-refractivity contribution in [1.29, 1.82) is 0 Å². The second kappa shape index (κ2) is 10.1. The highest BCUT2D eigenvalue weighted by Crippen LogP contribution is 2.29. The van der Waals surface area contributed by atoms with E-state index in [-0.39, 0.29) is 22.9 Å². The zero-order valence-corrected chi connectivity index (χ0v) is 19.7. The zero-order valence-electron chi connectivity index (χ0n) is 18.0. The molecule has 0 amide bonds. The number of hydrogen-bond donors (Lipinski definition) is 2. The Labute approximate surface area is 199 Å². The van der Waals surface area contributed by atoms with Crippen LogP contribution in [0.15, 0.2) is 71.2 Å². The SMILES string of the molecule is COc1ccccc1C[C@@H](C(=O)O)n1cc(CNS(=O)(=O)c2ccc(-c3ccccn3)s2)nn1. The highest BCUT2D eigenvalue weighted by atomic mass is 32.2. The van der Waals surface area contributed by atoms with Crippen LogP contribution in [0.4, 0.5) is 0 Å². The number of carboxylic acid groups (broad SMARTS) is 1. The van der Waals surface area contributed by atoms with Gasteiger partial charge >= 0.3 is 5.97 Å². The number of rotatable bonds is 10. The lowest BCUT2D eigenvalue weighted by atomic mass is 10.1. The Morgan fingerprint density at radius 3 is 2.71 bits per heavy atom. The predicted molar refractivity (Wildman–Crippen MR) is 125 cm³/mol. The molecule has 0 spiro atoms. The standard InChI is InChI=1S/C22H21N5O5S2/c1-32-19-8-3-2-6-15(19)12-18(22(28)29)27-14-16(25-26-27)13-24-34(30,31)21-10-9-20(33-21)17-7-4-5-11-23-17/h2-11,14,18,24H,12-13H2,1H3,(H,28,29)/t18-/m0/s1. The second-order valence-corrected chi connectivity index (χ2v) is 10.3. The van der Waals surface area contributed by atoms with Crippen LogP contribution < -0.4 is 9.46 Å². The first-order chi connectivity index (χ1) is 16.4. The van der Waals surface area contributed by atoms with E-state index in [0.29, 0.717) is 17.0 Å².